The average Bonchev–Trinajstić information content (AvgIpc) is 2.54. The molecule has 0 bridgehead atoms. The van der Waals surface area contributed by atoms with Crippen LogP contribution in [0.4, 0.5) is 4.79 Å². The van der Waals surface area contributed by atoms with E-state index in [9.17, 15) is 9.59 Å². The number of carbonyl (C=O) groups excluding carboxylic acids is 2. The molecule has 0 radical (unpaired) electrons. The van der Waals surface area contributed by atoms with E-state index in [2.05, 4.69) is 5.32 Å². The molecule has 0 unspecified atom stereocenters. The number of alkyl carbamates (subject to hydrolysis) is 1. The molecule has 1 aromatic carbocycles. The second kappa shape index (κ2) is 8.18. The highest BCUT2D eigenvalue weighted by Gasteiger charge is 2.29. The molecule has 1 atom stereocenters. The topological polar surface area (TPSA) is 55.4 Å². The second-order valence-corrected chi connectivity index (χ2v) is 6.28. The first-order valence-corrected chi connectivity index (χ1v) is 8.10. The number of hydrogen-bond acceptors (Lipinski definition) is 3. The van der Waals surface area contributed by atoms with Crippen molar-refractivity contribution < 1.29 is 14.3 Å². The largest absolute Gasteiger partial charge is 0.445 e. The van der Waals surface area contributed by atoms with Gasteiger partial charge in [0.15, 0.2) is 0 Å². The van der Waals surface area contributed by atoms with E-state index in [0.29, 0.717) is 5.92 Å². The minimum absolute atomic E-state index is 0.0184. The van der Waals surface area contributed by atoms with Crippen molar-refractivity contribution in [1.82, 2.24) is 5.32 Å². The third-order valence-electron chi connectivity index (χ3n) is 4.36. The average molecular weight is 324 g/mol. The first-order valence-electron chi connectivity index (χ1n) is 7.73. The van der Waals surface area contributed by atoms with Gasteiger partial charge in [-0.2, -0.15) is 0 Å². The van der Waals surface area contributed by atoms with Crippen LogP contribution in [0.3, 0.4) is 0 Å². The number of carbonyl (C=O) groups is 2. The molecular weight excluding hydrogens is 302 g/mol. The van der Waals surface area contributed by atoms with Crippen LogP contribution in [0.25, 0.3) is 0 Å². The van der Waals surface area contributed by atoms with Crippen LogP contribution in [0.1, 0.15) is 38.2 Å². The van der Waals surface area contributed by atoms with Gasteiger partial charge < -0.3 is 10.1 Å². The van der Waals surface area contributed by atoms with Crippen molar-refractivity contribution in [1.29, 1.82) is 0 Å². The molecule has 0 spiro atoms. The summed E-state index contributed by atoms with van der Waals surface area (Å²) in [5.74, 6) is 0.353. The Bertz CT molecular complexity index is 498. The lowest BCUT2D eigenvalue weighted by molar-refractivity contribution is -0.116. The zero-order chi connectivity index (χ0) is 15.9. The van der Waals surface area contributed by atoms with Gasteiger partial charge in [0.05, 0.1) is 0 Å². The summed E-state index contributed by atoms with van der Waals surface area (Å²) in [5.41, 5.74) is 0.964. The zero-order valence-electron chi connectivity index (χ0n) is 12.8. The highest BCUT2D eigenvalue weighted by Crippen LogP contribution is 2.32. The zero-order valence-corrected chi connectivity index (χ0v) is 13.5. The van der Waals surface area contributed by atoms with Gasteiger partial charge in [-0.25, -0.2) is 4.79 Å². The van der Waals surface area contributed by atoms with E-state index in [4.69, 9.17) is 16.3 Å². The van der Waals surface area contributed by atoms with Crippen molar-refractivity contribution in [2.75, 3.05) is 0 Å². The van der Waals surface area contributed by atoms with Gasteiger partial charge in [-0.1, -0.05) is 30.3 Å². The number of amides is 1. The minimum Gasteiger partial charge on any atom is -0.445 e. The Hall–Kier alpha value is -1.55. The van der Waals surface area contributed by atoms with E-state index in [1.807, 2.05) is 37.3 Å². The predicted molar refractivity (Wildman–Crippen MR) is 85.5 cm³/mol. The Morgan fingerprint density at radius 2 is 1.86 bits per heavy atom. The number of hydrogen-bond donors (Lipinski definition) is 1. The van der Waals surface area contributed by atoms with E-state index in [-0.39, 0.29) is 23.8 Å². The molecule has 2 rings (SSSR count). The van der Waals surface area contributed by atoms with Crippen LogP contribution in [-0.2, 0) is 16.1 Å². The highest BCUT2D eigenvalue weighted by atomic mass is 35.5. The van der Waals surface area contributed by atoms with Crippen LogP contribution < -0.4 is 5.32 Å². The van der Waals surface area contributed by atoms with E-state index < -0.39 is 6.09 Å². The van der Waals surface area contributed by atoms with Gasteiger partial charge in [0.2, 0.25) is 5.24 Å². The van der Waals surface area contributed by atoms with Gasteiger partial charge in [0.25, 0.3) is 0 Å². The summed E-state index contributed by atoms with van der Waals surface area (Å²) in [4.78, 5) is 23.0. The van der Waals surface area contributed by atoms with Gasteiger partial charge in [0.1, 0.15) is 6.61 Å². The summed E-state index contributed by atoms with van der Waals surface area (Å²) in [7, 11) is 0. The monoisotopic (exact) mass is 323 g/mol. The molecule has 1 aliphatic rings. The fraction of sp³-hybridized carbons (Fsp3) is 0.529. The molecule has 0 saturated heterocycles. The third-order valence-corrected chi connectivity index (χ3v) is 4.67. The summed E-state index contributed by atoms with van der Waals surface area (Å²) < 4.78 is 5.22. The number of nitrogens with one attached hydrogen (secondary N) is 1. The lowest BCUT2D eigenvalue weighted by atomic mass is 9.79. The molecule has 1 aliphatic carbocycles. The van der Waals surface area contributed by atoms with Crippen molar-refractivity contribution in [3.05, 3.63) is 35.9 Å². The Kier molecular flexibility index (Phi) is 6.25. The SMILES string of the molecule is C[C@@H](NC(=O)OCc1ccccc1)[C@H]1CC[C@H](C(=O)Cl)CC1. The Morgan fingerprint density at radius 3 is 2.45 bits per heavy atom. The summed E-state index contributed by atoms with van der Waals surface area (Å²) in [6, 6.07) is 9.62. The van der Waals surface area contributed by atoms with Gasteiger partial charge in [-0.3, -0.25) is 4.79 Å². The molecule has 1 N–H and O–H groups in total. The standard InChI is InChI=1S/C17H22ClNO3/c1-12(14-7-9-15(10-8-14)16(18)20)19-17(21)22-11-13-5-3-2-4-6-13/h2-6,12,14-15H,7-11H2,1H3,(H,19,21)/t12-,14-,15-/m1/s1. The summed E-state index contributed by atoms with van der Waals surface area (Å²) in [6.07, 6.45) is 3.02. The van der Waals surface area contributed by atoms with E-state index in [1.165, 1.54) is 0 Å². The molecule has 1 amide bonds. The lowest BCUT2D eigenvalue weighted by Gasteiger charge is -2.30. The third kappa shape index (κ3) is 5.02. The fourth-order valence-corrected chi connectivity index (χ4v) is 3.13. The quantitative estimate of drug-likeness (QED) is 0.837. The molecule has 5 heteroatoms. The summed E-state index contributed by atoms with van der Waals surface area (Å²) >= 11 is 5.54. The fourth-order valence-electron chi connectivity index (χ4n) is 2.91. The molecule has 22 heavy (non-hydrogen) atoms. The van der Waals surface area contributed by atoms with Crippen LogP contribution in [-0.4, -0.2) is 17.4 Å². The normalized spacial score (nSPS) is 22.6. The van der Waals surface area contributed by atoms with E-state index in [1.54, 1.807) is 0 Å². The number of ether oxygens (including phenoxy) is 1. The van der Waals surface area contributed by atoms with Gasteiger partial charge in [-0.15, -0.1) is 0 Å². The lowest BCUT2D eigenvalue weighted by Crippen LogP contribution is -2.40. The smallest absolute Gasteiger partial charge is 0.407 e. The van der Waals surface area contributed by atoms with E-state index >= 15 is 0 Å². The van der Waals surface area contributed by atoms with Gasteiger partial charge >= 0.3 is 6.09 Å². The van der Waals surface area contributed by atoms with Crippen molar-refractivity contribution in [3.63, 3.8) is 0 Å². The summed E-state index contributed by atoms with van der Waals surface area (Å²) in [5, 5.41) is 2.65. The van der Waals surface area contributed by atoms with Crippen molar-refractivity contribution in [3.8, 4) is 0 Å². The molecule has 0 aromatic heterocycles. The molecule has 4 nitrogen and oxygen atoms in total. The number of rotatable bonds is 5. The second-order valence-electron chi connectivity index (χ2n) is 5.91. The van der Waals surface area contributed by atoms with E-state index in [0.717, 1.165) is 31.2 Å². The van der Waals surface area contributed by atoms with Crippen LogP contribution in [0, 0.1) is 11.8 Å². The number of halogens is 1. The Balaban J connectivity index is 1.71. The molecule has 0 aliphatic heterocycles. The molecule has 1 saturated carbocycles. The van der Waals surface area contributed by atoms with Crippen LogP contribution in [0.15, 0.2) is 30.3 Å². The molecular formula is C17H22ClNO3. The van der Waals surface area contributed by atoms with Crippen LogP contribution >= 0.6 is 11.6 Å². The first-order chi connectivity index (χ1) is 10.6. The van der Waals surface area contributed by atoms with Crippen LogP contribution in [0.2, 0.25) is 0 Å². The maximum atomic E-state index is 11.8. The minimum atomic E-state index is -0.396. The Labute approximate surface area is 136 Å². The summed E-state index contributed by atoms with van der Waals surface area (Å²) in [6.45, 7) is 2.25. The first kappa shape index (κ1) is 16.8. The predicted octanol–water partition coefficient (Wildman–Crippen LogP) is 3.87. The Morgan fingerprint density at radius 1 is 1.23 bits per heavy atom. The molecule has 1 fully saturated rings. The maximum absolute atomic E-state index is 11.8. The van der Waals surface area contributed by atoms with Gasteiger partial charge in [0, 0.05) is 12.0 Å². The maximum Gasteiger partial charge on any atom is 0.407 e. The highest BCUT2D eigenvalue weighted by molar-refractivity contribution is 6.63. The van der Waals surface area contributed by atoms with Crippen molar-refractivity contribution in [2.24, 2.45) is 11.8 Å². The molecule has 0 heterocycles. The van der Waals surface area contributed by atoms with Crippen molar-refractivity contribution >= 4 is 22.9 Å². The van der Waals surface area contributed by atoms with Gasteiger partial charge in [-0.05, 0) is 55.7 Å². The number of benzene rings is 1. The molecule has 120 valence electrons. The molecule has 1 aromatic rings. The van der Waals surface area contributed by atoms with Crippen molar-refractivity contribution in [2.45, 2.75) is 45.3 Å². The van der Waals surface area contributed by atoms with Crippen LogP contribution in [0.5, 0.6) is 0 Å².